The van der Waals surface area contributed by atoms with E-state index in [-0.39, 0.29) is 23.2 Å². The summed E-state index contributed by atoms with van der Waals surface area (Å²) in [5.74, 6) is -0.866. The van der Waals surface area contributed by atoms with E-state index in [9.17, 15) is 14.0 Å². The Kier molecular flexibility index (Phi) is 7.05. The van der Waals surface area contributed by atoms with Crippen molar-refractivity contribution in [2.24, 2.45) is 0 Å². The first-order chi connectivity index (χ1) is 16.4. The lowest BCUT2D eigenvalue weighted by atomic mass is 10.0. The van der Waals surface area contributed by atoms with E-state index in [0.29, 0.717) is 0 Å². The first-order valence-electron chi connectivity index (χ1n) is 11.0. The molecule has 34 heavy (non-hydrogen) atoms. The molecule has 2 aromatic heterocycles. The van der Waals surface area contributed by atoms with Crippen LogP contribution in [0.1, 0.15) is 39.3 Å². The monoisotopic (exact) mass is 475 g/mol. The second-order valence-electron chi connectivity index (χ2n) is 8.17. The first-order valence-corrected chi connectivity index (χ1v) is 11.8. The van der Waals surface area contributed by atoms with E-state index >= 15 is 0 Å². The van der Waals surface area contributed by atoms with Crippen LogP contribution in [0.4, 0.5) is 4.39 Å². The van der Waals surface area contributed by atoms with E-state index in [1.54, 1.807) is 23.5 Å². The average Bonchev–Trinajstić information content (AvgIpc) is 3.31. The molecular formula is C27H26FN3O2S. The molecule has 0 spiro atoms. The highest BCUT2D eigenvalue weighted by atomic mass is 32.1. The Balaban J connectivity index is 1.55. The normalized spacial score (nSPS) is 11.9. The van der Waals surface area contributed by atoms with Crippen LogP contribution >= 0.6 is 11.3 Å². The summed E-state index contributed by atoms with van der Waals surface area (Å²) >= 11 is 1.64. The standard InChI is InChI=1S/C27H26FN3O2S/c1-17-8-9-19(15-29-3)21(14-17)25-12-11-24(34-25)18(2)30-27(33)20-10-13-26(32)31(16-20)23-7-5-4-6-22(23)28/h4-14,16,18,29H,15H2,1-3H3,(H,30,33)/t18-/m1/s1. The number of para-hydroxylation sites is 1. The summed E-state index contributed by atoms with van der Waals surface area (Å²) in [6.07, 6.45) is 1.37. The summed E-state index contributed by atoms with van der Waals surface area (Å²) in [4.78, 5) is 27.4. The van der Waals surface area contributed by atoms with E-state index in [4.69, 9.17) is 0 Å². The number of aromatic nitrogens is 1. The van der Waals surface area contributed by atoms with Gasteiger partial charge in [-0.2, -0.15) is 0 Å². The Morgan fingerprint density at radius 2 is 1.88 bits per heavy atom. The first kappa shape index (κ1) is 23.6. The minimum atomic E-state index is -0.532. The minimum absolute atomic E-state index is 0.105. The van der Waals surface area contributed by atoms with Crippen LogP contribution in [0.25, 0.3) is 16.1 Å². The maximum atomic E-state index is 14.2. The third-order valence-electron chi connectivity index (χ3n) is 5.58. The molecule has 0 aliphatic carbocycles. The Hall–Kier alpha value is -3.55. The Bertz CT molecular complexity index is 1390. The predicted octanol–water partition coefficient (Wildman–Crippen LogP) is 5.22. The molecule has 2 heterocycles. The molecule has 5 nitrogen and oxygen atoms in total. The van der Waals surface area contributed by atoms with Gasteiger partial charge in [-0.15, -0.1) is 11.3 Å². The molecule has 0 aliphatic rings. The van der Waals surface area contributed by atoms with Crippen LogP contribution < -0.4 is 16.2 Å². The van der Waals surface area contributed by atoms with Crippen molar-refractivity contribution in [3.8, 4) is 16.1 Å². The molecule has 1 atom stereocenters. The van der Waals surface area contributed by atoms with Gasteiger partial charge >= 0.3 is 0 Å². The molecule has 4 aromatic rings. The molecular weight excluding hydrogens is 449 g/mol. The van der Waals surface area contributed by atoms with Crippen molar-refractivity contribution >= 4 is 17.2 Å². The summed E-state index contributed by atoms with van der Waals surface area (Å²) in [5, 5.41) is 6.20. The molecule has 4 rings (SSSR count). The Morgan fingerprint density at radius 1 is 1.09 bits per heavy atom. The molecule has 2 aromatic carbocycles. The fraction of sp³-hybridized carbons (Fsp3) is 0.185. The number of aryl methyl sites for hydroxylation is 1. The van der Waals surface area contributed by atoms with Crippen molar-refractivity contribution < 1.29 is 9.18 Å². The fourth-order valence-corrected chi connectivity index (χ4v) is 4.86. The molecule has 0 saturated heterocycles. The van der Waals surface area contributed by atoms with Crippen molar-refractivity contribution in [3.63, 3.8) is 0 Å². The van der Waals surface area contributed by atoms with E-state index in [0.717, 1.165) is 20.9 Å². The molecule has 174 valence electrons. The van der Waals surface area contributed by atoms with Crippen molar-refractivity contribution in [2.45, 2.75) is 26.4 Å². The Labute approximate surface area is 201 Å². The molecule has 7 heteroatoms. The van der Waals surface area contributed by atoms with Gasteiger partial charge < -0.3 is 10.6 Å². The molecule has 0 unspecified atom stereocenters. The van der Waals surface area contributed by atoms with Gasteiger partial charge in [0.05, 0.1) is 17.3 Å². The SMILES string of the molecule is CNCc1ccc(C)cc1-c1ccc([C@@H](C)NC(=O)c2ccc(=O)n(-c3ccccc3F)c2)s1. The summed E-state index contributed by atoms with van der Waals surface area (Å²) in [7, 11) is 1.93. The number of amides is 1. The lowest BCUT2D eigenvalue weighted by molar-refractivity contribution is 0.0940. The smallest absolute Gasteiger partial charge is 0.255 e. The van der Waals surface area contributed by atoms with Gasteiger partial charge in [0.25, 0.3) is 11.5 Å². The van der Waals surface area contributed by atoms with Gasteiger partial charge in [0, 0.05) is 28.6 Å². The highest BCUT2D eigenvalue weighted by molar-refractivity contribution is 7.15. The summed E-state index contributed by atoms with van der Waals surface area (Å²) in [6.45, 7) is 4.77. The summed E-state index contributed by atoms with van der Waals surface area (Å²) in [6, 6.07) is 19.0. The lowest BCUT2D eigenvalue weighted by Crippen LogP contribution is -2.28. The molecule has 0 fully saturated rings. The number of benzene rings is 2. The van der Waals surface area contributed by atoms with Gasteiger partial charge in [0.1, 0.15) is 5.82 Å². The topological polar surface area (TPSA) is 63.1 Å². The van der Waals surface area contributed by atoms with Gasteiger partial charge in [-0.05, 0) is 62.4 Å². The zero-order valence-electron chi connectivity index (χ0n) is 19.3. The number of hydrogen-bond acceptors (Lipinski definition) is 4. The number of pyridine rings is 1. The number of nitrogens with one attached hydrogen (secondary N) is 2. The molecule has 0 radical (unpaired) electrons. The summed E-state index contributed by atoms with van der Waals surface area (Å²) in [5.41, 5.74) is 3.56. The highest BCUT2D eigenvalue weighted by Crippen LogP contribution is 2.34. The number of carbonyl (C=O) groups is 1. The van der Waals surface area contributed by atoms with E-state index in [1.807, 2.05) is 20.0 Å². The van der Waals surface area contributed by atoms with E-state index < -0.39 is 11.4 Å². The number of thiophene rings is 1. The van der Waals surface area contributed by atoms with Gasteiger partial charge in [-0.1, -0.05) is 35.9 Å². The van der Waals surface area contributed by atoms with Crippen LogP contribution in [0.3, 0.4) is 0 Å². The molecule has 1 amide bonds. The third kappa shape index (κ3) is 5.00. The van der Waals surface area contributed by atoms with Crippen LogP contribution in [0, 0.1) is 12.7 Å². The van der Waals surface area contributed by atoms with Crippen LogP contribution in [-0.4, -0.2) is 17.5 Å². The minimum Gasteiger partial charge on any atom is -0.345 e. The molecule has 0 aliphatic heterocycles. The molecule has 2 N–H and O–H groups in total. The van der Waals surface area contributed by atoms with Crippen LogP contribution in [0.2, 0.25) is 0 Å². The number of carbonyl (C=O) groups excluding carboxylic acids is 1. The predicted molar refractivity (Wildman–Crippen MR) is 135 cm³/mol. The van der Waals surface area contributed by atoms with E-state index in [1.165, 1.54) is 47.2 Å². The highest BCUT2D eigenvalue weighted by Gasteiger charge is 2.17. The van der Waals surface area contributed by atoms with Crippen LogP contribution in [0.5, 0.6) is 0 Å². The van der Waals surface area contributed by atoms with Crippen molar-refractivity contribution in [2.75, 3.05) is 7.05 Å². The van der Waals surface area contributed by atoms with Gasteiger partial charge in [-0.25, -0.2) is 4.39 Å². The molecule has 0 bridgehead atoms. The van der Waals surface area contributed by atoms with Crippen LogP contribution in [0.15, 0.2) is 77.7 Å². The molecule has 0 saturated carbocycles. The van der Waals surface area contributed by atoms with E-state index in [2.05, 4.69) is 41.8 Å². The van der Waals surface area contributed by atoms with Crippen molar-refractivity contribution in [1.29, 1.82) is 0 Å². The largest absolute Gasteiger partial charge is 0.345 e. The number of rotatable bonds is 7. The maximum Gasteiger partial charge on any atom is 0.255 e. The zero-order chi connectivity index (χ0) is 24.2. The second-order valence-corrected chi connectivity index (χ2v) is 9.28. The summed E-state index contributed by atoms with van der Waals surface area (Å²) < 4.78 is 15.4. The van der Waals surface area contributed by atoms with Crippen molar-refractivity contribution in [3.05, 3.63) is 111 Å². The fourth-order valence-electron chi connectivity index (χ4n) is 3.80. The quantitative estimate of drug-likeness (QED) is 0.385. The lowest BCUT2D eigenvalue weighted by Gasteiger charge is -2.14. The Morgan fingerprint density at radius 3 is 2.65 bits per heavy atom. The maximum absolute atomic E-state index is 14.2. The number of hydrogen-bond donors (Lipinski definition) is 2. The number of nitrogens with zero attached hydrogens (tertiary/aromatic N) is 1. The second kappa shape index (κ2) is 10.2. The van der Waals surface area contributed by atoms with Gasteiger partial charge in [-0.3, -0.25) is 14.2 Å². The van der Waals surface area contributed by atoms with Crippen LogP contribution in [-0.2, 0) is 6.54 Å². The van der Waals surface area contributed by atoms with Crippen molar-refractivity contribution in [1.82, 2.24) is 15.2 Å². The third-order valence-corrected chi connectivity index (χ3v) is 6.89. The van der Waals surface area contributed by atoms with Gasteiger partial charge in [0.15, 0.2) is 0 Å². The number of halogens is 1. The average molecular weight is 476 g/mol. The zero-order valence-corrected chi connectivity index (χ0v) is 20.1. The van der Waals surface area contributed by atoms with Gasteiger partial charge in [0.2, 0.25) is 0 Å².